The van der Waals surface area contributed by atoms with Gasteiger partial charge in [-0.3, -0.25) is 0 Å². The van der Waals surface area contributed by atoms with E-state index in [-0.39, 0.29) is 41.5 Å². The monoisotopic (exact) mass is 620 g/mol. The SMILES string of the molecule is O=C(O)c1ccc2nc(CC3CC=C(c4nc(OCc5ccc(Cl)c6cc(F)oc56)ncc4F)CC3)n(C[C@@H]3CCO3)c2c1. The lowest BCUT2D eigenvalue weighted by atomic mass is 9.86. The zero-order chi connectivity index (χ0) is 30.4. The Kier molecular flexibility index (Phi) is 7.51. The third kappa shape index (κ3) is 5.53. The zero-order valence-electron chi connectivity index (χ0n) is 23.4. The number of aromatic carboxylic acids is 1. The average Bonchev–Trinajstić information content (AvgIpc) is 3.55. The molecule has 9 nitrogen and oxygen atoms in total. The number of carboxylic acids is 1. The van der Waals surface area contributed by atoms with Crippen LogP contribution in [-0.4, -0.2) is 43.3 Å². The number of benzene rings is 2. The van der Waals surface area contributed by atoms with E-state index in [1.54, 1.807) is 30.3 Å². The highest BCUT2D eigenvalue weighted by Crippen LogP contribution is 2.34. The smallest absolute Gasteiger partial charge is 0.335 e. The molecule has 1 N–H and O–H groups in total. The Labute approximate surface area is 255 Å². The Bertz CT molecular complexity index is 1930. The molecular formula is C32H27ClF2N4O5. The first-order chi connectivity index (χ1) is 21.3. The summed E-state index contributed by atoms with van der Waals surface area (Å²) in [5, 5.41) is 10.3. The minimum absolute atomic E-state index is 0.00721. The van der Waals surface area contributed by atoms with Gasteiger partial charge in [0.15, 0.2) is 5.82 Å². The molecular weight excluding hydrogens is 594 g/mol. The maximum absolute atomic E-state index is 14.9. The molecule has 4 heterocycles. The third-order valence-electron chi connectivity index (χ3n) is 8.31. The fourth-order valence-electron chi connectivity index (χ4n) is 5.86. The lowest BCUT2D eigenvalue weighted by molar-refractivity contribution is -0.0590. The van der Waals surface area contributed by atoms with E-state index in [4.69, 9.17) is 30.5 Å². The molecule has 44 heavy (non-hydrogen) atoms. The van der Waals surface area contributed by atoms with Gasteiger partial charge in [0.05, 0.1) is 40.5 Å². The molecule has 2 aromatic carbocycles. The second-order valence-corrected chi connectivity index (χ2v) is 11.5. The molecule has 226 valence electrons. The van der Waals surface area contributed by atoms with Crippen LogP contribution in [0, 0.1) is 17.7 Å². The Morgan fingerprint density at radius 3 is 2.77 bits per heavy atom. The minimum atomic E-state index is -0.980. The molecule has 1 saturated heterocycles. The van der Waals surface area contributed by atoms with E-state index < -0.39 is 17.8 Å². The van der Waals surface area contributed by atoms with Crippen molar-refractivity contribution >= 4 is 45.1 Å². The van der Waals surface area contributed by atoms with E-state index >= 15 is 0 Å². The second-order valence-electron chi connectivity index (χ2n) is 11.1. The molecule has 12 heteroatoms. The average molecular weight is 621 g/mol. The van der Waals surface area contributed by atoms with Gasteiger partial charge in [-0.25, -0.2) is 19.2 Å². The molecule has 7 rings (SSSR count). The molecule has 0 amide bonds. The molecule has 0 bridgehead atoms. The Morgan fingerprint density at radius 1 is 1.16 bits per heavy atom. The number of aromatic nitrogens is 4. The number of fused-ring (bicyclic) bond motifs is 2. The normalized spacial score (nSPS) is 18.4. The number of rotatable bonds is 9. The first-order valence-electron chi connectivity index (χ1n) is 14.4. The highest BCUT2D eigenvalue weighted by molar-refractivity contribution is 6.35. The molecule has 1 unspecified atom stereocenters. The van der Waals surface area contributed by atoms with Gasteiger partial charge in [0.2, 0.25) is 0 Å². The summed E-state index contributed by atoms with van der Waals surface area (Å²) in [4.78, 5) is 24.8. The Morgan fingerprint density at radius 2 is 2.02 bits per heavy atom. The molecule has 1 aliphatic heterocycles. The van der Waals surface area contributed by atoms with Crippen molar-refractivity contribution in [1.82, 2.24) is 19.5 Å². The highest BCUT2D eigenvalue weighted by Gasteiger charge is 2.26. The van der Waals surface area contributed by atoms with Gasteiger partial charge < -0.3 is 23.6 Å². The largest absolute Gasteiger partial charge is 0.478 e. The van der Waals surface area contributed by atoms with Crippen LogP contribution in [0.15, 0.2) is 53.1 Å². The molecule has 5 aromatic rings. The predicted octanol–water partition coefficient (Wildman–Crippen LogP) is 7.00. The van der Waals surface area contributed by atoms with Crippen molar-refractivity contribution in [2.24, 2.45) is 5.92 Å². The van der Waals surface area contributed by atoms with E-state index in [1.807, 2.05) is 6.08 Å². The number of imidazole rings is 1. The summed E-state index contributed by atoms with van der Waals surface area (Å²) in [5.41, 5.74) is 3.55. The Balaban J connectivity index is 1.07. The van der Waals surface area contributed by atoms with Gasteiger partial charge in [0.25, 0.3) is 6.01 Å². The highest BCUT2D eigenvalue weighted by atomic mass is 35.5. The number of ether oxygens (including phenoxy) is 2. The van der Waals surface area contributed by atoms with Crippen molar-refractivity contribution in [2.45, 2.75) is 51.4 Å². The number of hydrogen-bond donors (Lipinski definition) is 1. The quantitative estimate of drug-likeness (QED) is 0.187. The van der Waals surface area contributed by atoms with Gasteiger partial charge in [0.1, 0.15) is 23.7 Å². The predicted molar refractivity (Wildman–Crippen MR) is 158 cm³/mol. The maximum atomic E-state index is 14.9. The molecule has 3 aromatic heterocycles. The number of carbonyl (C=O) groups is 1. The van der Waals surface area contributed by atoms with Gasteiger partial charge in [-0.05, 0) is 61.4 Å². The zero-order valence-corrected chi connectivity index (χ0v) is 24.2. The van der Waals surface area contributed by atoms with E-state index in [0.717, 1.165) is 48.1 Å². The number of hydrogen-bond acceptors (Lipinski definition) is 7. The van der Waals surface area contributed by atoms with Crippen LogP contribution in [0.4, 0.5) is 8.78 Å². The lowest BCUT2D eigenvalue weighted by Crippen LogP contribution is -2.32. The summed E-state index contributed by atoms with van der Waals surface area (Å²) in [5.74, 6) is -0.374. The summed E-state index contributed by atoms with van der Waals surface area (Å²) in [6, 6.07) is 8.74. The maximum Gasteiger partial charge on any atom is 0.335 e. The van der Waals surface area contributed by atoms with Crippen LogP contribution in [0.5, 0.6) is 6.01 Å². The molecule has 2 aliphatic rings. The van der Waals surface area contributed by atoms with Crippen LogP contribution in [0.1, 0.15) is 53.1 Å². The van der Waals surface area contributed by atoms with E-state index in [2.05, 4.69) is 14.5 Å². The van der Waals surface area contributed by atoms with Gasteiger partial charge >= 0.3 is 12.0 Å². The van der Waals surface area contributed by atoms with Crippen molar-refractivity contribution in [3.63, 3.8) is 0 Å². The summed E-state index contributed by atoms with van der Waals surface area (Å²) < 4.78 is 47.2. The van der Waals surface area contributed by atoms with E-state index in [9.17, 15) is 18.7 Å². The summed E-state index contributed by atoms with van der Waals surface area (Å²) >= 11 is 6.14. The van der Waals surface area contributed by atoms with Gasteiger partial charge in [-0.1, -0.05) is 23.7 Å². The third-order valence-corrected chi connectivity index (χ3v) is 8.64. The number of furan rings is 1. The van der Waals surface area contributed by atoms with Gasteiger partial charge in [-0.2, -0.15) is 9.37 Å². The van der Waals surface area contributed by atoms with Gasteiger partial charge in [-0.15, -0.1) is 0 Å². The van der Waals surface area contributed by atoms with Crippen molar-refractivity contribution in [3.8, 4) is 6.01 Å². The standard InChI is InChI=1S/C32H27ClF2N4O5/c33-23-7-5-20(30-22(23)13-27(35)44-30)16-43-32-36-14-24(34)29(38-32)18-3-1-17(2-4-18)11-28-37-25-8-6-19(31(40)41)12-26(25)39(28)15-21-9-10-42-21/h3,5-8,12-14,17,21H,1-2,4,9-11,15-16H2,(H,40,41)/t17?,21-/m0/s1. The first-order valence-corrected chi connectivity index (χ1v) is 14.8. The molecule has 0 radical (unpaired) electrons. The number of carboxylic acid groups (broad SMARTS) is 1. The fraction of sp³-hybridized carbons (Fsp3) is 0.312. The Hall–Kier alpha value is -4.35. The van der Waals surface area contributed by atoms with Crippen molar-refractivity contribution in [3.05, 3.63) is 88.2 Å². The molecule has 0 saturated carbocycles. The van der Waals surface area contributed by atoms with Crippen LogP contribution in [0.25, 0.3) is 27.6 Å². The second kappa shape index (κ2) is 11.6. The van der Waals surface area contributed by atoms with E-state index in [0.29, 0.717) is 41.8 Å². The first kappa shape index (κ1) is 28.4. The summed E-state index contributed by atoms with van der Waals surface area (Å²) in [6.45, 7) is 1.33. The van der Waals surface area contributed by atoms with Crippen molar-refractivity contribution < 1.29 is 32.6 Å². The topological polar surface area (TPSA) is 113 Å². The summed E-state index contributed by atoms with van der Waals surface area (Å²) in [6.07, 6.45) is 6.92. The fourth-order valence-corrected chi connectivity index (χ4v) is 6.07. The van der Waals surface area contributed by atoms with Crippen LogP contribution < -0.4 is 4.74 Å². The van der Waals surface area contributed by atoms with Gasteiger partial charge in [0, 0.05) is 30.0 Å². The van der Waals surface area contributed by atoms with Crippen LogP contribution >= 0.6 is 11.6 Å². The lowest BCUT2D eigenvalue weighted by Gasteiger charge is -2.28. The molecule has 1 fully saturated rings. The number of allylic oxidation sites excluding steroid dienone is 2. The van der Waals surface area contributed by atoms with E-state index in [1.165, 1.54) is 6.07 Å². The van der Waals surface area contributed by atoms with Crippen LogP contribution in [-0.2, 0) is 24.3 Å². The molecule has 0 spiro atoms. The summed E-state index contributed by atoms with van der Waals surface area (Å²) in [7, 11) is 0. The number of halogens is 3. The molecule has 2 atom stereocenters. The molecule has 1 aliphatic carbocycles. The minimum Gasteiger partial charge on any atom is -0.478 e. The van der Waals surface area contributed by atoms with Crippen LogP contribution in [0.3, 0.4) is 0 Å². The van der Waals surface area contributed by atoms with Crippen molar-refractivity contribution in [2.75, 3.05) is 6.61 Å². The van der Waals surface area contributed by atoms with Crippen molar-refractivity contribution in [1.29, 1.82) is 0 Å². The van der Waals surface area contributed by atoms with Crippen LogP contribution in [0.2, 0.25) is 5.02 Å². The number of nitrogens with zero attached hydrogens (tertiary/aromatic N) is 4.